The molecule has 2 unspecified atom stereocenters. The smallest absolute Gasteiger partial charge is 0.379 e. The highest BCUT2D eigenvalue weighted by molar-refractivity contribution is 6.03. The van der Waals surface area contributed by atoms with Gasteiger partial charge in [0.25, 0.3) is 0 Å². The number of rotatable bonds is 6. The first-order valence-corrected chi connectivity index (χ1v) is 10.8. The maximum Gasteiger partial charge on any atom is 0.434 e. The van der Waals surface area contributed by atoms with Crippen LogP contribution >= 0.6 is 0 Å². The lowest BCUT2D eigenvalue weighted by atomic mass is 9.86. The van der Waals surface area contributed by atoms with E-state index >= 15 is 0 Å². The summed E-state index contributed by atoms with van der Waals surface area (Å²) in [5, 5.41) is 6.20. The zero-order valence-corrected chi connectivity index (χ0v) is 19.5. The number of alkyl halides is 3. The molecule has 0 radical (unpaired) electrons. The Morgan fingerprint density at radius 3 is 2.56 bits per heavy atom. The molecule has 2 N–H and O–H groups in total. The fourth-order valence-electron chi connectivity index (χ4n) is 4.23. The lowest BCUT2D eigenvalue weighted by molar-refractivity contribution is -0.141. The monoisotopic (exact) mass is 480 g/mol. The second kappa shape index (κ2) is 8.85. The van der Waals surface area contributed by atoms with Crippen LogP contribution < -0.4 is 20.4 Å². The summed E-state index contributed by atoms with van der Waals surface area (Å²) in [6.07, 6.45) is -1.50. The van der Waals surface area contributed by atoms with E-state index < -0.39 is 17.9 Å². The summed E-state index contributed by atoms with van der Waals surface area (Å²) in [5.74, 6) is 1.26. The van der Waals surface area contributed by atoms with Gasteiger partial charge in [-0.05, 0) is 26.7 Å². The number of likely N-dealkylation sites (N-methyl/N-ethyl adjacent to an activating group) is 1. The number of hydrogen-bond acceptors (Lipinski definition) is 9. The van der Waals surface area contributed by atoms with Gasteiger partial charge in [0.1, 0.15) is 17.5 Å². The number of nitrogens with one attached hydrogen (secondary N) is 2. The average molecular weight is 480 g/mol. The zero-order valence-electron chi connectivity index (χ0n) is 19.5. The predicted molar refractivity (Wildman–Crippen MR) is 120 cm³/mol. The fourth-order valence-corrected chi connectivity index (χ4v) is 4.23. The van der Waals surface area contributed by atoms with E-state index in [1.165, 1.54) is 0 Å². The highest BCUT2D eigenvalue weighted by Crippen LogP contribution is 2.35. The summed E-state index contributed by atoms with van der Waals surface area (Å²) < 4.78 is 43.5. The Labute approximate surface area is 194 Å². The number of aryl methyl sites for hydroxylation is 1. The minimum Gasteiger partial charge on any atom is -0.379 e. The molecule has 10 nitrogen and oxygen atoms in total. The molecule has 1 saturated carbocycles. The first kappa shape index (κ1) is 23.9. The Morgan fingerprint density at radius 1 is 1.26 bits per heavy atom. The van der Waals surface area contributed by atoms with Gasteiger partial charge in [-0.15, -0.1) is 0 Å². The molecule has 3 heterocycles. The summed E-state index contributed by atoms with van der Waals surface area (Å²) >= 11 is 0. The molecular weight excluding hydrogens is 453 g/mol. The van der Waals surface area contributed by atoms with Gasteiger partial charge in [0.2, 0.25) is 11.9 Å². The quantitative estimate of drug-likeness (QED) is 0.645. The molecule has 184 valence electrons. The molecule has 13 heteroatoms. The van der Waals surface area contributed by atoms with Crippen molar-refractivity contribution < 1.29 is 22.7 Å². The topological polar surface area (TPSA) is 108 Å². The van der Waals surface area contributed by atoms with Crippen molar-refractivity contribution in [3.05, 3.63) is 23.8 Å². The second-order valence-electron chi connectivity index (χ2n) is 8.65. The molecule has 1 amide bonds. The molecule has 0 aromatic carbocycles. The molecule has 2 aromatic rings. The molecular formula is C21H27F3N8O2. The molecule has 1 aliphatic heterocycles. The van der Waals surface area contributed by atoms with E-state index in [9.17, 15) is 18.0 Å². The van der Waals surface area contributed by atoms with E-state index in [1.54, 1.807) is 33.0 Å². The van der Waals surface area contributed by atoms with Crippen LogP contribution in [0.4, 0.5) is 36.4 Å². The van der Waals surface area contributed by atoms with Gasteiger partial charge in [0.05, 0.1) is 24.2 Å². The lowest BCUT2D eigenvalue weighted by Crippen LogP contribution is -2.53. The maximum absolute atomic E-state index is 12.7. The molecule has 2 atom stereocenters. The molecule has 0 spiro atoms. The normalized spacial score (nSPS) is 23.0. The van der Waals surface area contributed by atoms with Crippen molar-refractivity contribution in [1.82, 2.24) is 19.9 Å². The van der Waals surface area contributed by atoms with E-state index in [0.717, 1.165) is 25.2 Å². The number of ether oxygens (including phenoxy) is 1. The number of anilines is 4. The molecule has 4 rings (SSSR count). The number of carbonyl (C=O) groups is 1. The third kappa shape index (κ3) is 4.43. The summed E-state index contributed by atoms with van der Waals surface area (Å²) in [6, 6.07) is -0.341. The Balaban J connectivity index is 1.41. The number of halogens is 3. The number of nitrogens with zero attached hydrogens (tertiary/aromatic N) is 6. The van der Waals surface area contributed by atoms with Crippen LogP contribution in [0.1, 0.15) is 31.2 Å². The van der Waals surface area contributed by atoms with Crippen LogP contribution in [0.2, 0.25) is 0 Å². The van der Waals surface area contributed by atoms with Crippen molar-refractivity contribution in [2.75, 3.05) is 41.6 Å². The predicted octanol–water partition coefficient (Wildman–Crippen LogP) is 2.46. The lowest BCUT2D eigenvalue weighted by Gasteiger charge is -2.42. The van der Waals surface area contributed by atoms with Crippen LogP contribution in [-0.2, 0) is 15.7 Å². The van der Waals surface area contributed by atoms with E-state index in [1.807, 2.05) is 11.8 Å². The first-order chi connectivity index (χ1) is 16.0. The van der Waals surface area contributed by atoms with Crippen LogP contribution in [0.5, 0.6) is 0 Å². The van der Waals surface area contributed by atoms with Gasteiger partial charge >= 0.3 is 6.18 Å². The minimum atomic E-state index is -4.51. The van der Waals surface area contributed by atoms with Crippen LogP contribution in [0.25, 0.3) is 0 Å². The summed E-state index contributed by atoms with van der Waals surface area (Å²) in [4.78, 5) is 32.7. The highest BCUT2D eigenvalue weighted by Gasteiger charge is 2.38. The maximum atomic E-state index is 12.7. The van der Waals surface area contributed by atoms with Crippen LogP contribution in [0, 0.1) is 6.92 Å². The van der Waals surface area contributed by atoms with Gasteiger partial charge in [-0.25, -0.2) is 15.0 Å². The molecule has 2 aliphatic rings. The SMILES string of the molecule is COC(C)C1C(=O)Nc2c(C)nc(N[C@H]3C[C@@H](N(C)c4cnc(C(F)(F)F)cn4)C3)nc2N1C. The molecule has 34 heavy (non-hydrogen) atoms. The van der Waals surface area contributed by atoms with E-state index in [0.29, 0.717) is 29.0 Å². The summed E-state index contributed by atoms with van der Waals surface area (Å²) in [7, 11) is 5.14. The first-order valence-electron chi connectivity index (χ1n) is 10.8. The van der Waals surface area contributed by atoms with Gasteiger partial charge in [-0.1, -0.05) is 0 Å². The van der Waals surface area contributed by atoms with Crippen LogP contribution in [0.3, 0.4) is 0 Å². The zero-order chi connectivity index (χ0) is 24.8. The van der Waals surface area contributed by atoms with Crippen LogP contribution in [-0.4, -0.2) is 71.3 Å². The molecule has 1 fully saturated rings. The summed E-state index contributed by atoms with van der Waals surface area (Å²) in [6.45, 7) is 3.63. The Kier molecular flexibility index (Phi) is 6.23. The van der Waals surface area contributed by atoms with Gasteiger partial charge in [0, 0.05) is 33.3 Å². The Morgan fingerprint density at radius 2 is 1.97 bits per heavy atom. The average Bonchev–Trinajstić information content (AvgIpc) is 2.75. The number of carbonyl (C=O) groups excluding carboxylic acids is 1. The largest absolute Gasteiger partial charge is 0.434 e. The molecule has 2 aromatic heterocycles. The van der Waals surface area contributed by atoms with E-state index in [2.05, 4.69) is 30.6 Å². The van der Waals surface area contributed by atoms with Crippen molar-refractivity contribution in [3.63, 3.8) is 0 Å². The van der Waals surface area contributed by atoms with E-state index in [-0.39, 0.29) is 24.1 Å². The Bertz CT molecular complexity index is 1060. The number of aromatic nitrogens is 4. The number of fused-ring (bicyclic) bond motifs is 1. The number of amides is 1. The second-order valence-corrected chi connectivity index (χ2v) is 8.65. The van der Waals surface area contributed by atoms with Gasteiger partial charge < -0.3 is 25.2 Å². The van der Waals surface area contributed by atoms with Crippen molar-refractivity contribution in [2.24, 2.45) is 0 Å². The van der Waals surface area contributed by atoms with E-state index in [4.69, 9.17) is 4.74 Å². The van der Waals surface area contributed by atoms with Crippen molar-refractivity contribution >= 4 is 29.2 Å². The molecule has 1 aliphatic carbocycles. The van der Waals surface area contributed by atoms with Crippen molar-refractivity contribution in [1.29, 1.82) is 0 Å². The standard InChI is InChI=1S/C21H27F3N8O2/c1-10-16-18(32(4)17(11(2)34-5)19(33)29-16)30-20(27-10)28-12-6-13(7-12)31(3)15-9-25-14(8-26-15)21(22,23)24/h8-9,11-13,17H,6-7H2,1-5H3,(H,29,33)(H,27,28,30)/t11?,12-,13+,17?. The minimum absolute atomic E-state index is 0.0875. The Hall–Kier alpha value is -3.22. The van der Waals surface area contributed by atoms with Gasteiger partial charge in [-0.3, -0.25) is 4.79 Å². The number of hydrogen-bond donors (Lipinski definition) is 2. The van der Waals surface area contributed by atoms with Gasteiger partial charge in [0.15, 0.2) is 11.5 Å². The van der Waals surface area contributed by atoms with Crippen LogP contribution in [0.15, 0.2) is 12.4 Å². The fraction of sp³-hybridized carbons (Fsp3) is 0.571. The van der Waals surface area contributed by atoms with Gasteiger partial charge in [-0.2, -0.15) is 18.2 Å². The third-order valence-corrected chi connectivity index (χ3v) is 6.44. The third-order valence-electron chi connectivity index (χ3n) is 6.44. The highest BCUT2D eigenvalue weighted by atomic mass is 19.4. The van der Waals surface area contributed by atoms with Crippen molar-refractivity contribution in [2.45, 2.75) is 57.1 Å². The molecule has 0 bridgehead atoms. The molecule has 0 saturated heterocycles. The van der Waals surface area contributed by atoms with Crippen molar-refractivity contribution in [3.8, 4) is 0 Å². The number of methoxy groups -OCH3 is 1. The summed E-state index contributed by atoms with van der Waals surface area (Å²) in [5.41, 5.74) is 0.204.